The number of aromatic nitrogens is 4. The van der Waals surface area contributed by atoms with Crippen molar-refractivity contribution in [2.24, 2.45) is 7.05 Å². The molecule has 1 amide bonds. The van der Waals surface area contributed by atoms with Crippen LogP contribution < -0.4 is 10.6 Å². The molecular weight excluding hydrogens is 632 g/mol. The highest BCUT2D eigenvalue weighted by Gasteiger charge is 2.37. The first-order valence-corrected chi connectivity index (χ1v) is 18.1. The summed E-state index contributed by atoms with van der Waals surface area (Å²) in [7, 11) is 1.95. The van der Waals surface area contributed by atoms with Crippen molar-refractivity contribution in [3.05, 3.63) is 58.6 Å². The number of carbonyl (C=O) groups is 1. The molecule has 0 bridgehead atoms. The molecule has 0 unspecified atom stereocenters. The number of amides is 1. The van der Waals surface area contributed by atoms with Gasteiger partial charge in [0.1, 0.15) is 5.82 Å². The Labute approximate surface area is 283 Å². The van der Waals surface area contributed by atoms with Gasteiger partial charge in [0.2, 0.25) is 5.91 Å². The van der Waals surface area contributed by atoms with Crippen molar-refractivity contribution in [1.82, 2.24) is 34.0 Å². The standard InChI is InChI=1S/C35H41ClN8O2S/c1-5-29(45)42-17-22(3)43(18-21(42)2)34-27-15-28(36)30(26-8-6-7-23-16-37-39(4)31(23)26)33-32(27)44(35(46)38-34)25(20-47-33)19-40-11-13-41(14-12-40)24-9-10-24/h5-8,15-16,21-22,24-25H,1,9-14,17-20H2,2-4H3/t21-,22+,25+/m1/s1. The van der Waals surface area contributed by atoms with Crippen molar-refractivity contribution in [3.63, 3.8) is 0 Å². The molecule has 47 heavy (non-hydrogen) atoms. The van der Waals surface area contributed by atoms with Gasteiger partial charge in [-0.25, -0.2) is 4.79 Å². The number of benzene rings is 2. The van der Waals surface area contributed by atoms with Gasteiger partial charge >= 0.3 is 5.69 Å². The first-order chi connectivity index (χ1) is 22.7. The van der Waals surface area contributed by atoms with Gasteiger partial charge in [0, 0.05) is 104 Å². The average molecular weight is 673 g/mol. The Morgan fingerprint density at radius 1 is 1.11 bits per heavy atom. The lowest BCUT2D eigenvalue weighted by Crippen LogP contribution is -2.58. The Balaban J connectivity index is 1.27. The van der Waals surface area contributed by atoms with E-state index in [9.17, 15) is 9.59 Å². The van der Waals surface area contributed by atoms with Gasteiger partial charge in [-0.05, 0) is 38.8 Å². The van der Waals surface area contributed by atoms with Crippen LogP contribution in [0.4, 0.5) is 5.82 Å². The van der Waals surface area contributed by atoms with Crippen LogP contribution in [0.15, 0.2) is 52.8 Å². The van der Waals surface area contributed by atoms with E-state index in [0.29, 0.717) is 23.9 Å². The largest absolute Gasteiger partial charge is 0.350 e. The summed E-state index contributed by atoms with van der Waals surface area (Å²) >= 11 is 9.10. The number of fused-ring (bicyclic) bond motifs is 1. The van der Waals surface area contributed by atoms with Crippen LogP contribution in [0.25, 0.3) is 32.9 Å². The minimum absolute atomic E-state index is 0.0172. The summed E-state index contributed by atoms with van der Waals surface area (Å²) in [5.74, 6) is 1.32. The van der Waals surface area contributed by atoms with Crippen molar-refractivity contribution in [3.8, 4) is 11.1 Å². The molecule has 1 saturated carbocycles. The Morgan fingerprint density at radius 2 is 1.89 bits per heavy atom. The molecule has 4 aliphatic rings. The normalized spacial score (nSPS) is 24.0. The van der Waals surface area contributed by atoms with Gasteiger partial charge in [-0.15, -0.1) is 11.8 Å². The molecule has 3 fully saturated rings. The fraction of sp³-hybridized carbons (Fsp3) is 0.486. The molecule has 2 aromatic carbocycles. The highest BCUT2D eigenvalue weighted by molar-refractivity contribution is 7.99. The van der Waals surface area contributed by atoms with Gasteiger partial charge < -0.3 is 9.80 Å². The Hall–Kier alpha value is -3.38. The van der Waals surface area contributed by atoms with Gasteiger partial charge in [0.15, 0.2) is 0 Å². The number of para-hydroxylation sites is 1. The zero-order valence-corrected chi connectivity index (χ0v) is 28.8. The second-order valence-electron chi connectivity index (χ2n) is 13.6. The number of aryl methyl sites for hydroxylation is 1. The van der Waals surface area contributed by atoms with Crippen LogP contribution in [0.5, 0.6) is 0 Å². The van der Waals surface area contributed by atoms with Crippen LogP contribution in [0.2, 0.25) is 5.02 Å². The Bertz CT molecular complexity index is 1960. The zero-order chi connectivity index (χ0) is 32.6. The van der Waals surface area contributed by atoms with Gasteiger partial charge in [0.05, 0.1) is 28.3 Å². The molecule has 0 radical (unpaired) electrons. The van der Waals surface area contributed by atoms with Gasteiger partial charge in [-0.3, -0.25) is 23.8 Å². The molecule has 2 saturated heterocycles. The molecule has 0 N–H and O–H groups in total. The van der Waals surface area contributed by atoms with Crippen LogP contribution in [0.3, 0.4) is 0 Å². The molecule has 4 aromatic rings. The van der Waals surface area contributed by atoms with E-state index in [0.717, 1.165) is 82.3 Å². The van der Waals surface area contributed by atoms with Crippen molar-refractivity contribution < 1.29 is 4.79 Å². The molecule has 246 valence electrons. The summed E-state index contributed by atoms with van der Waals surface area (Å²) in [4.78, 5) is 42.0. The van der Waals surface area contributed by atoms with Crippen molar-refractivity contribution in [2.45, 2.75) is 55.8 Å². The molecule has 0 spiro atoms. The van der Waals surface area contributed by atoms with E-state index >= 15 is 0 Å². The Morgan fingerprint density at radius 3 is 2.64 bits per heavy atom. The van der Waals surface area contributed by atoms with Crippen LogP contribution in [-0.2, 0) is 11.8 Å². The maximum atomic E-state index is 14.3. The molecule has 3 aliphatic heterocycles. The smallest absolute Gasteiger partial charge is 0.349 e. The average Bonchev–Trinajstić information content (AvgIpc) is 3.85. The SMILES string of the molecule is C=CC(=O)N1C[C@H](C)N(c2nc(=O)n3c4c(c(-c5cccc6cnn(C)c56)c(Cl)cc24)SC[C@@H]3CN2CCN(C3CC3)CC2)C[C@H]1C. The molecule has 1 aliphatic carbocycles. The second kappa shape index (κ2) is 11.9. The van der Waals surface area contributed by atoms with Crippen LogP contribution >= 0.6 is 23.4 Å². The van der Waals surface area contributed by atoms with Gasteiger partial charge in [-0.2, -0.15) is 10.1 Å². The van der Waals surface area contributed by atoms with E-state index in [4.69, 9.17) is 16.6 Å². The van der Waals surface area contributed by atoms with E-state index in [1.165, 1.54) is 18.9 Å². The number of nitrogens with zero attached hydrogens (tertiary/aromatic N) is 8. The number of piperazine rings is 2. The molecule has 8 rings (SSSR count). The van der Waals surface area contributed by atoms with Crippen LogP contribution in [-0.4, -0.2) is 110 Å². The number of hydrogen-bond acceptors (Lipinski definition) is 8. The highest BCUT2D eigenvalue weighted by atomic mass is 35.5. The van der Waals surface area contributed by atoms with E-state index in [1.807, 2.05) is 46.4 Å². The predicted molar refractivity (Wildman–Crippen MR) is 190 cm³/mol. The number of thioether (sulfide) groups is 1. The third-order valence-corrected chi connectivity index (χ3v) is 12.1. The second-order valence-corrected chi connectivity index (χ2v) is 15.1. The maximum absolute atomic E-state index is 14.3. The predicted octanol–water partition coefficient (Wildman–Crippen LogP) is 4.64. The van der Waals surface area contributed by atoms with Crippen LogP contribution in [0.1, 0.15) is 32.7 Å². The summed E-state index contributed by atoms with van der Waals surface area (Å²) in [6.45, 7) is 13.9. The first-order valence-electron chi connectivity index (χ1n) is 16.7. The molecule has 10 nitrogen and oxygen atoms in total. The fourth-order valence-electron chi connectivity index (χ4n) is 7.99. The Kier molecular flexibility index (Phi) is 7.86. The number of rotatable bonds is 6. The number of carbonyl (C=O) groups excluding carboxylic acids is 1. The number of anilines is 1. The van der Waals surface area contributed by atoms with Crippen LogP contribution in [0, 0.1) is 0 Å². The molecule has 5 heterocycles. The summed E-state index contributed by atoms with van der Waals surface area (Å²) in [5.41, 5.74) is 3.62. The van der Waals surface area contributed by atoms with Gasteiger partial charge in [0.25, 0.3) is 0 Å². The quantitative estimate of drug-likeness (QED) is 0.274. The number of hydrogen-bond donors (Lipinski definition) is 0. The zero-order valence-electron chi connectivity index (χ0n) is 27.2. The lowest BCUT2D eigenvalue weighted by molar-refractivity contribution is -0.128. The van der Waals surface area contributed by atoms with E-state index in [1.54, 1.807) is 11.8 Å². The molecule has 3 atom stereocenters. The minimum atomic E-state index is -0.230. The highest BCUT2D eigenvalue weighted by Crippen LogP contribution is 2.49. The molecule has 12 heteroatoms. The maximum Gasteiger partial charge on any atom is 0.350 e. The van der Waals surface area contributed by atoms with E-state index < -0.39 is 0 Å². The summed E-state index contributed by atoms with van der Waals surface area (Å²) in [5, 5.41) is 7.08. The minimum Gasteiger partial charge on any atom is -0.349 e. The summed E-state index contributed by atoms with van der Waals surface area (Å²) in [6.07, 6.45) is 5.91. The molecular formula is C35H41ClN8O2S. The number of halogens is 1. The van der Waals surface area contributed by atoms with Crippen molar-refractivity contribution in [1.29, 1.82) is 0 Å². The van der Waals surface area contributed by atoms with Crippen molar-refractivity contribution >= 4 is 56.9 Å². The van der Waals surface area contributed by atoms with E-state index in [-0.39, 0.29) is 29.7 Å². The summed E-state index contributed by atoms with van der Waals surface area (Å²) in [6, 6.07) is 8.86. The van der Waals surface area contributed by atoms with Gasteiger partial charge in [-0.1, -0.05) is 36.4 Å². The third kappa shape index (κ3) is 5.26. The molecule has 2 aromatic heterocycles. The topological polar surface area (TPSA) is 82.7 Å². The summed E-state index contributed by atoms with van der Waals surface area (Å²) < 4.78 is 3.86. The fourth-order valence-corrected chi connectivity index (χ4v) is 9.68. The third-order valence-electron chi connectivity index (χ3n) is 10.6. The monoisotopic (exact) mass is 672 g/mol. The van der Waals surface area contributed by atoms with E-state index in [2.05, 4.69) is 45.4 Å². The lowest BCUT2D eigenvalue weighted by Gasteiger charge is -2.45. The first kappa shape index (κ1) is 30.9. The van der Waals surface area contributed by atoms with Crippen molar-refractivity contribution in [2.75, 3.05) is 56.5 Å². The lowest BCUT2D eigenvalue weighted by atomic mass is 9.99.